The van der Waals surface area contributed by atoms with Gasteiger partial charge in [0.2, 0.25) is 0 Å². The van der Waals surface area contributed by atoms with E-state index < -0.39 is 10.0 Å². The topological polar surface area (TPSA) is 103 Å². The second-order valence-electron chi connectivity index (χ2n) is 7.03. The van der Waals surface area contributed by atoms with Crippen molar-refractivity contribution in [1.29, 1.82) is 0 Å². The van der Waals surface area contributed by atoms with Crippen LogP contribution in [0.2, 0.25) is 0 Å². The van der Waals surface area contributed by atoms with E-state index in [4.69, 9.17) is 14.2 Å². The van der Waals surface area contributed by atoms with E-state index in [9.17, 15) is 13.2 Å². The van der Waals surface area contributed by atoms with Crippen molar-refractivity contribution in [2.75, 3.05) is 30.4 Å². The zero-order valence-corrected chi connectivity index (χ0v) is 19.4. The van der Waals surface area contributed by atoms with E-state index in [1.807, 2.05) is 13.0 Å². The molecule has 1 amide bonds. The number of aryl methyl sites for hydroxylation is 1. The Bertz CT molecular complexity index is 1210. The van der Waals surface area contributed by atoms with Crippen LogP contribution in [0.25, 0.3) is 0 Å². The maximum absolute atomic E-state index is 12.7. The molecule has 3 aromatic carbocycles. The molecule has 3 aromatic rings. The van der Waals surface area contributed by atoms with E-state index in [1.54, 1.807) is 49.4 Å². The van der Waals surface area contributed by atoms with Gasteiger partial charge >= 0.3 is 0 Å². The number of nitrogens with one attached hydrogen (secondary N) is 2. The lowest BCUT2D eigenvalue weighted by atomic mass is 10.2. The third-order valence-electron chi connectivity index (χ3n) is 4.62. The SMILES string of the molecule is CCOc1ccccc1NC(=O)COc1ccc(S(=O)(=O)Nc2ccc(OC)cc2)cc1C. The standard InChI is InChI=1S/C24H26N2O6S/c1-4-31-23-8-6-5-7-21(23)25-24(27)16-32-22-14-13-20(15-17(22)2)33(28,29)26-18-9-11-19(30-3)12-10-18/h5-15,26H,4,16H2,1-3H3,(H,25,27). The van der Waals surface area contributed by atoms with Crippen molar-refractivity contribution in [3.05, 3.63) is 72.3 Å². The molecule has 0 spiro atoms. The van der Waals surface area contributed by atoms with E-state index in [2.05, 4.69) is 10.0 Å². The van der Waals surface area contributed by atoms with Crippen LogP contribution in [0.4, 0.5) is 11.4 Å². The summed E-state index contributed by atoms with van der Waals surface area (Å²) in [6.07, 6.45) is 0. The normalized spacial score (nSPS) is 10.9. The van der Waals surface area contributed by atoms with Crippen LogP contribution in [0.15, 0.2) is 71.6 Å². The highest BCUT2D eigenvalue weighted by atomic mass is 32.2. The summed E-state index contributed by atoms with van der Waals surface area (Å²) < 4.78 is 44.1. The lowest BCUT2D eigenvalue weighted by Crippen LogP contribution is -2.21. The zero-order valence-electron chi connectivity index (χ0n) is 18.6. The van der Waals surface area contributed by atoms with E-state index in [0.29, 0.717) is 40.8 Å². The van der Waals surface area contributed by atoms with Crippen molar-refractivity contribution in [2.24, 2.45) is 0 Å². The second-order valence-corrected chi connectivity index (χ2v) is 8.71. The van der Waals surface area contributed by atoms with Crippen molar-refractivity contribution in [3.63, 3.8) is 0 Å². The van der Waals surface area contributed by atoms with Crippen LogP contribution in [-0.2, 0) is 14.8 Å². The van der Waals surface area contributed by atoms with Gasteiger partial charge in [-0.05, 0) is 74.0 Å². The lowest BCUT2D eigenvalue weighted by molar-refractivity contribution is -0.118. The number of hydrogen-bond acceptors (Lipinski definition) is 6. The quantitative estimate of drug-likeness (QED) is 0.460. The summed E-state index contributed by atoms with van der Waals surface area (Å²) in [4.78, 5) is 12.4. The minimum absolute atomic E-state index is 0.0817. The molecule has 0 aromatic heterocycles. The molecule has 0 saturated heterocycles. The predicted molar refractivity (Wildman–Crippen MR) is 127 cm³/mol. The predicted octanol–water partition coefficient (Wildman–Crippen LogP) is 4.22. The Morgan fingerprint density at radius 3 is 2.33 bits per heavy atom. The average molecular weight is 471 g/mol. The van der Waals surface area contributed by atoms with Gasteiger partial charge in [0, 0.05) is 5.69 Å². The van der Waals surface area contributed by atoms with Gasteiger partial charge in [0.25, 0.3) is 15.9 Å². The molecule has 0 aliphatic carbocycles. The van der Waals surface area contributed by atoms with Crippen molar-refractivity contribution in [2.45, 2.75) is 18.7 Å². The third-order valence-corrected chi connectivity index (χ3v) is 6.00. The Labute approximate surface area is 193 Å². The molecule has 8 nitrogen and oxygen atoms in total. The maximum atomic E-state index is 12.7. The van der Waals surface area contributed by atoms with Crippen LogP contribution in [0.5, 0.6) is 17.2 Å². The largest absolute Gasteiger partial charge is 0.497 e. The van der Waals surface area contributed by atoms with Crippen molar-refractivity contribution >= 4 is 27.3 Å². The highest BCUT2D eigenvalue weighted by Crippen LogP contribution is 2.26. The Morgan fingerprint density at radius 2 is 1.67 bits per heavy atom. The van der Waals surface area contributed by atoms with Gasteiger partial charge in [-0.3, -0.25) is 9.52 Å². The molecule has 174 valence electrons. The molecule has 0 fully saturated rings. The lowest BCUT2D eigenvalue weighted by Gasteiger charge is -2.14. The van der Waals surface area contributed by atoms with Crippen LogP contribution in [-0.4, -0.2) is 34.6 Å². The minimum atomic E-state index is -3.79. The summed E-state index contributed by atoms with van der Waals surface area (Å²) in [5.74, 6) is 1.25. The number of amides is 1. The molecule has 0 unspecified atom stereocenters. The summed E-state index contributed by atoms with van der Waals surface area (Å²) in [6, 6.07) is 18.1. The summed E-state index contributed by atoms with van der Waals surface area (Å²) in [5.41, 5.74) is 1.55. The van der Waals surface area contributed by atoms with Gasteiger partial charge in [0.1, 0.15) is 17.2 Å². The number of benzene rings is 3. The summed E-state index contributed by atoms with van der Waals surface area (Å²) in [5, 5.41) is 2.75. The van der Waals surface area contributed by atoms with Gasteiger partial charge in [-0.25, -0.2) is 8.42 Å². The number of para-hydroxylation sites is 2. The van der Waals surface area contributed by atoms with Gasteiger partial charge in [-0.2, -0.15) is 0 Å². The molecular formula is C24H26N2O6S. The monoisotopic (exact) mass is 470 g/mol. The average Bonchev–Trinajstić information content (AvgIpc) is 2.80. The number of sulfonamides is 1. The first-order valence-electron chi connectivity index (χ1n) is 10.2. The minimum Gasteiger partial charge on any atom is -0.497 e. The number of methoxy groups -OCH3 is 1. The molecular weight excluding hydrogens is 444 g/mol. The summed E-state index contributed by atoms with van der Waals surface area (Å²) in [6.45, 7) is 3.81. The van der Waals surface area contributed by atoms with E-state index >= 15 is 0 Å². The Hall–Kier alpha value is -3.72. The molecule has 0 bridgehead atoms. The Kier molecular flexibility index (Phi) is 7.78. The summed E-state index contributed by atoms with van der Waals surface area (Å²) >= 11 is 0. The molecule has 0 saturated carbocycles. The maximum Gasteiger partial charge on any atom is 0.262 e. The van der Waals surface area contributed by atoms with Gasteiger partial charge in [0.05, 0.1) is 24.3 Å². The number of carbonyl (C=O) groups excluding carboxylic acids is 1. The van der Waals surface area contributed by atoms with Crippen LogP contribution in [0, 0.1) is 6.92 Å². The van der Waals surface area contributed by atoms with Crippen molar-refractivity contribution in [1.82, 2.24) is 0 Å². The molecule has 3 rings (SSSR count). The molecule has 0 radical (unpaired) electrons. The fraction of sp³-hybridized carbons (Fsp3) is 0.208. The number of rotatable bonds is 10. The first kappa shape index (κ1) is 23.9. The number of carbonyl (C=O) groups is 1. The molecule has 33 heavy (non-hydrogen) atoms. The first-order valence-corrected chi connectivity index (χ1v) is 11.7. The smallest absolute Gasteiger partial charge is 0.262 e. The van der Waals surface area contributed by atoms with Crippen LogP contribution in [0.1, 0.15) is 12.5 Å². The van der Waals surface area contributed by atoms with E-state index in [-0.39, 0.29) is 17.4 Å². The van der Waals surface area contributed by atoms with Crippen molar-refractivity contribution < 1.29 is 27.4 Å². The molecule has 0 atom stereocenters. The van der Waals surface area contributed by atoms with Crippen LogP contribution < -0.4 is 24.2 Å². The number of ether oxygens (including phenoxy) is 3. The second kappa shape index (κ2) is 10.7. The highest BCUT2D eigenvalue weighted by molar-refractivity contribution is 7.92. The van der Waals surface area contributed by atoms with Gasteiger partial charge in [0.15, 0.2) is 6.61 Å². The molecule has 9 heteroatoms. The molecule has 0 aliphatic rings. The molecule has 0 aliphatic heterocycles. The molecule has 2 N–H and O–H groups in total. The van der Waals surface area contributed by atoms with Gasteiger partial charge in [-0.1, -0.05) is 12.1 Å². The third kappa shape index (κ3) is 6.39. The molecule has 0 heterocycles. The number of anilines is 2. The zero-order chi connectivity index (χ0) is 23.8. The number of hydrogen-bond donors (Lipinski definition) is 2. The highest BCUT2D eigenvalue weighted by Gasteiger charge is 2.16. The van der Waals surface area contributed by atoms with Gasteiger partial charge in [-0.15, -0.1) is 0 Å². The summed E-state index contributed by atoms with van der Waals surface area (Å²) in [7, 11) is -2.26. The fourth-order valence-electron chi connectivity index (χ4n) is 3.00. The fourth-order valence-corrected chi connectivity index (χ4v) is 4.15. The Balaban J connectivity index is 1.63. The van der Waals surface area contributed by atoms with E-state index in [0.717, 1.165) is 0 Å². The Morgan fingerprint density at radius 1 is 0.939 bits per heavy atom. The first-order chi connectivity index (χ1) is 15.8. The van der Waals surface area contributed by atoms with Crippen LogP contribution in [0.3, 0.4) is 0 Å². The van der Waals surface area contributed by atoms with Crippen LogP contribution >= 0.6 is 0 Å². The van der Waals surface area contributed by atoms with Gasteiger partial charge < -0.3 is 19.5 Å². The van der Waals surface area contributed by atoms with E-state index in [1.165, 1.54) is 25.3 Å². The van der Waals surface area contributed by atoms with Crippen molar-refractivity contribution in [3.8, 4) is 17.2 Å².